The molecule has 3 aliphatic heterocycles. The second-order valence-corrected chi connectivity index (χ2v) is 7.42. The number of carbonyl (C=O) groups is 2. The summed E-state index contributed by atoms with van der Waals surface area (Å²) in [6.45, 7) is 3.74. The van der Waals surface area contributed by atoms with E-state index >= 15 is 0 Å². The van der Waals surface area contributed by atoms with E-state index in [0.29, 0.717) is 64.5 Å². The number of piperidine rings is 1. The van der Waals surface area contributed by atoms with Gasteiger partial charge in [0.05, 0.1) is 37.4 Å². The molecule has 0 saturated carbocycles. The third-order valence-corrected chi connectivity index (χ3v) is 5.82. The summed E-state index contributed by atoms with van der Waals surface area (Å²) in [5, 5.41) is 0. The number of likely N-dealkylation sites (tertiary alicyclic amines) is 1. The highest BCUT2D eigenvalue weighted by atomic mass is 19.1. The highest BCUT2D eigenvalue weighted by molar-refractivity contribution is 5.86. The molecule has 3 aliphatic rings. The van der Waals surface area contributed by atoms with Gasteiger partial charge in [-0.05, 0) is 25.0 Å². The molecule has 1 aromatic heterocycles. The summed E-state index contributed by atoms with van der Waals surface area (Å²) in [6, 6.07) is 2.82. The lowest BCUT2D eigenvalue weighted by Crippen LogP contribution is -2.60. The van der Waals surface area contributed by atoms with Crippen LogP contribution in [-0.2, 0) is 25.5 Å². The number of pyridine rings is 1. The third kappa shape index (κ3) is 3.55. The van der Waals surface area contributed by atoms with Gasteiger partial charge < -0.3 is 19.3 Å². The summed E-state index contributed by atoms with van der Waals surface area (Å²) in [5.74, 6) is -0.440. The molecule has 7 nitrogen and oxygen atoms in total. The lowest BCUT2D eigenvalue weighted by Gasteiger charge is -2.45. The standard InChI is InChI=1S/C19H24FN3O4/c20-14-1-2-15(21-12-14)11-17(24)23-5-3-16-19(13-23,4-8-27-16)18(25)22-6-9-26-10-7-22/h1-2,12,16H,3-11,13H2/t16-,19-/m1/s1. The number of carbonyl (C=O) groups excluding carboxylic acids is 2. The van der Waals surface area contributed by atoms with Crippen LogP contribution >= 0.6 is 0 Å². The van der Waals surface area contributed by atoms with Gasteiger partial charge in [-0.3, -0.25) is 14.6 Å². The fraction of sp³-hybridized carbons (Fsp3) is 0.632. The van der Waals surface area contributed by atoms with Crippen molar-refractivity contribution in [2.45, 2.75) is 25.4 Å². The molecule has 4 heterocycles. The van der Waals surface area contributed by atoms with E-state index < -0.39 is 11.2 Å². The first kappa shape index (κ1) is 18.3. The molecule has 146 valence electrons. The van der Waals surface area contributed by atoms with E-state index in [0.717, 1.165) is 6.20 Å². The number of amides is 2. The van der Waals surface area contributed by atoms with Crippen LogP contribution in [-0.4, -0.2) is 78.7 Å². The van der Waals surface area contributed by atoms with Gasteiger partial charge >= 0.3 is 0 Å². The van der Waals surface area contributed by atoms with Crippen LogP contribution < -0.4 is 0 Å². The Labute approximate surface area is 157 Å². The molecule has 27 heavy (non-hydrogen) atoms. The van der Waals surface area contributed by atoms with E-state index in [4.69, 9.17) is 9.47 Å². The molecule has 3 fully saturated rings. The molecule has 1 aromatic rings. The average Bonchev–Trinajstić information content (AvgIpc) is 3.14. The van der Waals surface area contributed by atoms with Crippen molar-refractivity contribution in [3.63, 3.8) is 0 Å². The first-order valence-corrected chi connectivity index (χ1v) is 9.45. The lowest BCUT2D eigenvalue weighted by atomic mass is 9.75. The molecule has 0 radical (unpaired) electrons. The van der Waals surface area contributed by atoms with Crippen LogP contribution in [0.4, 0.5) is 4.39 Å². The number of nitrogens with zero attached hydrogens (tertiary/aromatic N) is 3. The molecule has 0 spiro atoms. The molecular formula is C19H24FN3O4. The quantitative estimate of drug-likeness (QED) is 0.773. The zero-order chi connectivity index (χ0) is 18.9. The van der Waals surface area contributed by atoms with Crippen LogP contribution in [0.3, 0.4) is 0 Å². The zero-order valence-corrected chi connectivity index (χ0v) is 15.2. The van der Waals surface area contributed by atoms with Gasteiger partial charge in [-0.1, -0.05) is 0 Å². The van der Waals surface area contributed by atoms with Crippen molar-refractivity contribution in [1.82, 2.24) is 14.8 Å². The molecule has 2 atom stereocenters. The Morgan fingerprint density at radius 2 is 2.00 bits per heavy atom. The number of fused-ring (bicyclic) bond motifs is 1. The van der Waals surface area contributed by atoms with Crippen molar-refractivity contribution in [2.75, 3.05) is 46.0 Å². The van der Waals surface area contributed by atoms with Gasteiger partial charge in [-0.2, -0.15) is 0 Å². The van der Waals surface area contributed by atoms with E-state index in [9.17, 15) is 14.0 Å². The zero-order valence-electron chi connectivity index (χ0n) is 15.2. The molecule has 2 amide bonds. The number of halogens is 1. The highest BCUT2D eigenvalue weighted by Gasteiger charge is 2.55. The maximum atomic E-state index is 13.3. The minimum atomic E-state index is -0.665. The molecule has 8 heteroatoms. The number of aromatic nitrogens is 1. The second-order valence-electron chi connectivity index (χ2n) is 7.42. The number of ether oxygens (including phenoxy) is 2. The van der Waals surface area contributed by atoms with Gasteiger partial charge in [0.1, 0.15) is 5.82 Å². The predicted octanol–water partition coefficient (Wildman–Crippen LogP) is 0.630. The van der Waals surface area contributed by atoms with Crippen LogP contribution in [0.1, 0.15) is 18.5 Å². The Morgan fingerprint density at radius 1 is 1.19 bits per heavy atom. The molecule has 0 unspecified atom stereocenters. The lowest BCUT2D eigenvalue weighted by molar-refractivity contribution is -0.157. The van der Waals surface area contributed by atoms with Crippen molar-refractivity contribution in [2.24, 2.45) is 5.41 Å². The second kappa shape index (κ2) is 7.52. The van der Waals surface area contributed by atoms with E-state index in [-0.39, 0.29) is 24.3 Å². The number of hydrogen-bond donors (Lipinski definition) is 0. The van der Waals surface area contributed by atoms with Gasteiger partial charge in [0, 0.05) is 38.5 Å². The Morgan fingerprint density at radius 3 is 2.74 bits per heavy atom. The van der Waals surface area contributed by atoms with Crippen LogP contribution in [0.15, 0.2) is 18.3 Å². The predicted molar refractivity (Wildman–Crippen MR) is 93.3 cm³/mol. The van der Waals surface area contributed by atoms with Crippen LogP contribution in [0.25, 0.3) is 0 Å². The number of morpholine rings is 1. The normalized spacial score (nSPS) is 28.1. The third-order valence-electron chi connectivity index (χ3n) is 5.82. The molecule has 0 N–H and O–H groups in total. The topological polar surface area (TPSA) is 72.0 Å². The van der Waals surface area contributed by atoms with Gasteiger partial charge in [0.2, 0.25) is 11.8 Å². The van der Waals surface area contributed by atoms with Crippen molar-refractivity contribution in [1.29, 1.82) is 0 Å². The Bertz CT molecular complexity index is 707. The fourth-order valence-electron chi connectivity index (χ4n) is 4.32. The van der Waals surface area contributed by atoms with E-state index in [2.05, 4.69) is 4.98 Å². The van der Waals surface area contributed by atoms with Gasteiger partial charge in [-0.15, -0.1) is 0 Å². The largest absolute Gasteiger partial charge is 0.378 e. The summed E-state index contributed by atoms with van der Waals surface area (Å²) in [6.07, 6.45) is 2.36. The van der Waals surface area contributed by atoms with E-state index in [1.165, 1.54) is 12.1 Å². The van der Waals surface area contributed by atoms with Gasteiger partial charge in [-0.25, -0.2) is 4.39 Å². The summed E-state index contributed by atoms with van der Waals surface area (Å²) < 4.78 is 24.2. The first-order valence-electron chi connectivity index (χ1n) is 9.45. The first-order chi connectivity index (χ1) is 13.1. The summed E-state index contributed by atoms with van der Waals surface area (Å²) in [5.41, 5.74) is -0.138. The molecular weight excluding hydrogens is 353 g/mol. The molecule has 0 bridgehead atoms. The molecule has 0 aromatic carbocycles. The molecule has 3 saturated heterocycles. The number of hydrogen-bond acceptors (Lipinski definition) is 5. The fourth-order valence-corrected chi connectivity index (χ4v) is 4.32. The van der Waals surface area contributed by atoms with Crippen LogP contribution in [0.2, 0.25) is 0 Å². The SMILES string of the molecule is O=C(Cc1ccc(F)cn1)N1CC[C@H]2OCC[C@@]2(C(=O)N2CCOCC2)C1. The van der Waals surface area contributed by atoms with Crippen molar-refractivity contribution < 1.29 is 23.5 Å². The monoisotopic (exact) mass is 377 g/mol. The number of rotatable bonds is 3. The highest BCUT2D eigenvalue weighted by Crippen LogP contribution is 2.42. The van der Waals surface area contributed by atoms with E-state index in [1.807, 2.05) is 4.90 Å². The molecule has 0 aliphatic carbocycles. The van der Waals surface area contributed by atoms with Crippen molar-refractivity contribution in [3.05, 3.63) is 29.8 Å². The molecule has 4 rings (SSSR count). The van der Waals surface area contributed by atoms with Crippen LogP contribution in [0.5, 0.6) is 0 Å². The van der Waals surface area contributed by atoms with Crippen molar-refractivity contribution >= 4 is 11.8 Å². The Balaban J connectivity index is 1.48. The minimum Gasteiger partial charge on any atom is -0.378 e. The van der Waals surface area contributed by atoms with Crippen molar-refractivity contribution in [3.8, 4) is 0 Å². The van der Waals surface area contributed by atoms with Crippen LogP contribution in [0, 0.1) is 11.2 Å². The van der Waals surface area contributed by atoms with Gasteiger partial charge in [0.15, 0.2) is 0 Å². The van der Waals surface area contributed by atoms with Gasteiger partial charge in [0.25, 0.3) is 0 Å². The summed E-state index contributed by atoms with van der Waals surface area (Å²) in [7, 11) is 0. The maximum Gasteiger partial charge on any atom is 0.233 e. The Kier molecular flexibility index (Phi) is 5.10. The maximum absolute atomic E-state index is 13.3. The minimum absolute atomic E-state index is 0.0747. The summed E-state index contributed by atoms with van der Waals surface area (Å²) in [4.78, 5) is 33.7. The Hall–Kier alpha value is -2.06. The average molecular weight is 377 g/mol. The van der Waals surface area contributed by atoms with E-state index in [1.54, 1.807) is 4.90 Å². The smallest absolute Gasteiger partial charge is 0.233 e. The summed E-state index contributed by atoms with van der Waals surface area (Å²) >= 11 is 0.